The van der Waals surface area contributed by atoms with Crippen LogP contribution in [0.5, 0.6) is 0 Å². The number of piperazine rings is 1. The van der Waals surface area contributed by atoms with Crippen molar-refractivity contribution in [3.05, 3.63) is 29.8 Å². The molecule has 1 aliphatic rings. The Hall–Kier alpha value is -1.57. The van der Waals surface area contributed by atoms with Crippen molar-refractivity contribution in [3.8, 4) is 6.07 Å². The average Bonchev–Trinajstić information content (AvgIpc) is 2.54. The summed E-state index contributed by atoms with van der Waals surface area (Å²) in [6.07, 6.45) is 0. The van der Waals surface area contributed by atoms with Gasteiger partial charge in [-0.05, 0) is 45.5 Å². The second-order valence-electron chi connectivity index (χ2n) is 6.12. The zero-order valence-electron chi connectivity index (χ0n) is 14.3. The molecule has 0 spiro atoms. The lowest BCUT2D eigenvalue weighted by atomic mass is 10.0. The summed E-state index contributed by atoms with van der Waals surface area (Å²) >= 11 is 0. The van der Waals surface area contributed by atoms with Crippen LogP contribution in [0, 0.1) is 11.3 Å². The van der Waals surface area contributed by atoms with E-state index < -0.39 is 0 Å². The SMILES string of the molecule is CCN(CC)c1ccc(C(C#N)N2CCN(C)C(C)C2)cc1. The third-order valence-corrected chi connectivity index (χ3v) is 4.82. The molecule has 0 saturated carbocycles. The lowest BCUT2D eigenvalue weighted by Gasteiger charge is -2.39. The minimum atomic E-state index is -0.137. The molecule has 2 atom stereocenters. The Bertz CT molecular complexity index is 501. The smallest absolute Gasteiger partial charge is 0.123 e. The normalized spacial score (nSPS) is 21.3. The lowest BCUT2D eigenvalue weighted by molar-refractivity contribution is 0.0881. The van der Waals surface area contributed by atoms with Gasteiger partial charge in [0.25, 0.3) is 0 Å². The van der Waals surface area contributed by atoms with Gasteiger partial charge in [0.15, 0.2) is 0 Å². The van der Waals surface area contributed by atoms with Crippen molar-refractivity contribution in [2.45, 2.75) is 32.9 Å². The van der Waals surface area contributed by atoms with E-state index in [0.29, 0.717) is 6.04 Å². The summed E-state index contributed by atoms with van der Waals surface area (Å²) in [6, 6.07) is 11.4. The Labute approximate surface area is 134 Å². The first-order valence-electron chi connectivity index (χ1n) is 8.29. The predicted molar refractivity (Wildman–Crippen MR) is 92.0 cm³/mol. The fraction of sp³-hybridized carbons (Fsp3) is 0.611. The van der Waals surface area contributed by atoms with E-state index >= 15 is 0 Å². The molecule has 0 aromatic heterocycles. The summed E-state index contributed by atoms with van der Waals surface area (Å²) in [5, 5.41) is 9.64. The van der Waals surface area contributed by atoms with Crippen LogP contribution in [-0.4, -0.2) is 55.6 Å². The van der Waals surface area contributed by atoms with Crippen LogP contribution >= 0.6 is 0 Å². The third kappa shape index (κ3) is 3.60. The van der Waals surface area contributed by atoms with Crippen LogP contribution in [-0.2, 0) is 0 Å². The average molecular weight is 300 g/mol. The van der Waals surface area contributed by atoms with Gasteiger partial charge in [0, 0.05) is 44.5 Å². The molecule has 1 fully saturated rings. The largest absolute Gasteiger partial charge is 0.372 e. The molecule has 0 N–H and O–H groups in total. The van der Waals surface area contributed by atoms with Crippen molar-refractivity contribution < 1.29 is 0 Å². The monoisotopic (exact) mass is 300 g/mol. The fourth-order valence-corrected chi connectivity index (χ4v) is 3.13. The number of nitrogens with zero attached hydrogens (tertiary/aromatic N) is 4. The fourth-order valence-electron chi connectivity index (χ4n) is 3.13. The van der Waals surface area contributed by atoms with Gasteiger partial charge in [0.2, 0.25) is 0 Å². The van der Waals surface area contributed by atoms with E-state index in [1.54, 1.807) is 0 Å². The molecule has 1 saturated heterocycles. The molecule has 22 heavy (non-hydrogen) atoms. The van der Waals surface area contributed by atoms with E-state index in [2.05, 4.69) is 72.9 Å². The molecule has 2 rings (SSSR count). The summed E-state index contributed by atoms with van der Waals surface area (Å²) in [6.45, 7) is 11.5. The molecule has 1 heterocycles. The van der Waals surface area contributed by atoms with Crippen LogP contribution < -0.4 is 4.90 Å². The zero-order valence-corrected chi connectivity index (χ0v) is 14.3. The molecule has 1 aromatic rings. The second-order valence-corrected chi connectivity index (χ2v) is 6.12. The Kier molecular flexibility index (Phi) is 5.82. The van der Waals surface area contributed by atoms with Crippen LogP contribution in [0.1, 0.15) is 32.4 Å². The highest BCUT2D eigenvalue weighted by Crippen LogP contribution is 2.25. The molecule has 0 aliphatic carbocycles. The summed E-state index contributed by atoms with van der Waals surface area (Å²) in [7, 11) is 2.16. The lowest BCUT2D eigenvalue weighted by Crippen LogP contribution is -2.50. The maximum atomic E-state index is 9.64. The second kappa shape index (κ2) is 7.62. The number of benzene rings is 1. The van der Waals surface area contributed by atoms with E-state index in [-0.39, 0.29) is 6.04 Å². The van der Waals surface area contributed by atoms with Gasteiger partial charge in [-0.3, -0.25) is 4.90 Å². The molecule has 0 amide bonds. The summed E-state index contributed by atoms with van der Waals surface area (Å²) < 4.78 is 0. The third-order valence-electron chi connectivity index (χ3n) is 4.82. The molecule has 2 unspecified atom stereocenters. The van der Waals surface area contributed by atoms with Crippen molar-refractivity contribution >= 4 is 5.69 Å². The molecule has 4 heteroatoms. The summed E-state index contributed by atoms with van der Waals surface area (Å²) in [5.74, 6) is 0. The number of nitriles is 1. The van der Waals surface area contributed by atoms with E-state index in [1.165, 1.54) is 5.69 Å². The summed E-state index contributed by atoms with van der Waals surface area (Å²) in [4.78, 5) is 6.98. The quantitative estimate of drug-likeness (QED) is 0.837. The summed E-state index contributed by atoms with van der Waals surface area (Å²) in [5.41, 5.74) is 2.34. The predicted octanol–water partition coefficient (Wildman–Crippen LogP) is 2.73. The molecule has 120 valence electrons. The van der Waals surface area contributed by atoms with Crippen LogP contribution in [0.25, 0.3) is 0 Å². The van der Waals surface area contributed by atoms with E-state index in [9.17, 15) is 5.26 Å². The van der Waals surface area contributed by atoms with Gasteiger partial charge >= 0.3 is 0 Å². The van der Waals surface area contributed by atoms with Crippen molar-refractivity contribution in [1.82, 2.24) is 9.80 Å². The molecule has 4 nitrogen and oxygen atoms in total. The standard InChI is InChI=1S/C18H28N4/c1-5-21(6-2)17-9-7-16(8-10-17)18(13-19)22-12-11-20(4)15(3)14-22/h7-10,15,18H,5-6,11-12,14H2,1-4H3. The van der Waals surface area contributed by atoms with Gasteiger partial charge in [0.1, 0.15) is 6.04 Å². The van der Waals surface area contributed by atoms with Crippen molar-refractivity contribution in [2.24, 2.45) is 0 Å². The molecule has 1 aliphatic heterocycles. The van der Waals surface area contributed by atoms with Gasteiger partial charge < -0.3 is 9.80 Å². The minimum Gasteiger partial charge on any atom is -0.372 e. The number of hydrogen-bond acceptors (Lipinski definition) is 4. The van der Waals surface area contributed by atoms with Crippen molar-refractivity contribution in [1.29, 1.82) is 5.26 Å². The first kappa shape index (κ1) is 16.8. The molecular weight excluding hydrogens is 272 g/mol. The van der Waals surface area contributed by atoms with Gasteiger partial charge in [-0.1, -0.05) is 12.1 Å². The van der Waals surface area contributed by atoms with Gasteiger partial charge in [-0.25, -0.2) is 0 Å². The Morgan fingerprint density at radius 3 is 2.36 bits per heavy atom. The maximum Gasteiger partial charge on any atom is 0.123 e. The van der Waals surface area contributed by atoms with Gasteiger partial charge in [0.05, 0.1) is 6.07 Å². The maximum absolute atomic E-state index is 9.64. The van der Waals surface area contributed by atoms with Crippen LogP contribution in [0.3, 0.4) is 0 Å². The van der Waals surface area contributed by atoms with Crippen molar-refractivity contribution in [2.75, 3.05) is 44.7 Å². The Morgan fingerprint density at radius 1 is 1.23 bits per heavy atom. The van der Waals surface area contributed by atoms with E-state index in [4.69, 9.17) is 0 Å². The van der Waals surface area contributed by atoms with Crippen molar-refractivity contribution in [3.63, 3.8) is 0 Å². The Morgan fingerprint density at radius 2 is 1.86 bits per heavy atom. The number of likely N-dealkylation sites (N-methyl/N-ethyl adjacent to an activating group) is 1. The van der Waals surface area contributed by atoms with Gasteiger partial charge in [-0.2, -0.15) is 5.26 Å². The topological polar surface area (TPSA) is 33.5 Å². The van der Waals surface area contributed by atoms with E-state index in [0.717, 1.165) is 38.3 Å². The zero-order chi connectivity index (χ0) is 16.1. The molecule has 1 aromatic carbocycles. The van der Waals surface area contributed by atoms with Crippen LogP contribution in [0.4, 0.5) is 5.69 Å². The van der Waals surface area contributed by atoms with Gasteiger partial charge in [-0.15, -0.1) is 0 Å². The van der Waals surface area contributed by atoms with Crippen LogP contribution in [0.15, 0.2) is 24.3 Å². The number of hydrogen-bond donors (Lipinski definition) is 0. The first-order chi connectivity index (χ1) is 10.6. The molecule has 0 bridgehead atoms. The van der Waals surface area contributed by atoms with Crippen LogP contribution in [0.2, 0.25) is 0 Å². The highest BCUT2D eigenvalue weighted by atomic mass is 15.3. The molecular formula is C18H28N4. The Balaban J connectivity index is 2.13. The minimum absolute atomic E-state index is 0.137. The number of anilines is 1. The highest BCUT2D eigenvalue weighted by Gasteiger charge is 2.27. The number of rotatable bonds is 5. The van der Waals surface area contributed by atoms with E-state index in [1.807, 2.05) is 0 Å². The first-order valence-corrected chi connectivity index (χ1v) is 8.29. The molecule has 0 radical (unpaired) electrons. The highest BCUT2D eigenvalue weighted by molar-refractivity contribution is 5.48.